The van der Waals surface area contributed by atoms with Crippen LogP contribution in [0.1, 0.15) is 16.7 Å². The van der Waals surface area contributed by atoms with Crippen LogP contribution >= 0.6 is 11.6 Å². The average Bonchev–Trinajstić information content (AvgIpc) is 2.90. The third-order valence-corrected chi connectivity index (χ3v) is 3.94. The van der Waals surface area contributed by atoms with Gasteiger partial charge in [0.15, 0.2) is 5.82 Å². The van der Waals surface area contributed by atoms with Crippen molar-refractivity contribution in [3.63, 3.8) is 0 Å². The molecular formula is C18H18ClN3. The number of nitrogens with zero attached hydrogens (tertiary/aromatic N) is 1. The van der Waals surface area contributed by atoms with Crippen molar-refractivity contribution in [2.24, 2.45) is 0 Å². The highest BCUT2D eigenvalue weighted by Gasteiger charge is 2.08. The lowest BCUT2D eigenvalue weighted by molar-refractivity contribution is 1.09. The largest absolute Gasteiger partial charge is 0.339 e. The minimum Gasteiger partial charge on any atom is -0.339 e. The van der Waals surface area contributed by atoms with Crippen molar-refractivity contribution < 1.29 is 0 Å². The lowest BCUT2D eigenvalue weighted by Gasteiger charge is -2.06. The minimum absolute atomic E-state index is 0.737. The molecule has 0 fully saturated rings. The molecule has 0 saturated heterocycles. The van der Waals surface area contributed by atoms with Gasteiger partial charge in [0.2, 0.25) is 0 Å². The molecule has 0 atom stereocenters. The molecule has 0 radical (unpaired) electrons. The summed E-state index contributed by atoms with van der Waals surface area (Å²) in [7, 11) is 0. The lowest BCUT2D eigenvalue weighted by atomic mass is 10.0. The number of nitrogens with one attached hydrogen (secondary N) is 2. The van der Waals surface area contributed by atoms with E-state index in [1.54, 1.807) is 0 Å². The van der Waals surface area contributed by atoms with Gasteiger partial charge in [0.1, 0.15) is 0 Å². The van der Waals surface area contributed by atoms with Gasteiger partial charge in [-0.05, 0) is 50.1 Å². The van der Waals surface area contributed by atoms with Crippen LogP contribution in [0.4, 0.5) is 11.5 Å². The highest BCUT2D eigenvalue weighted by molar-refractivity contribution is 6.30. The highest BCUT2D eigenvalue weighted by atomic mass is 35.5. The van der Waals surface area contributed by atoms with Crippen LogP contribution in [-0.2, 0) is 0 Å². The van der Waals surface area contributed by atoms with Crippen LogP contribution in [0.15, 0.2) is 42.5 Å². The fourth-order valence-corrected chi connectivity index (χ4v) is 2.77. The molecule has 0 aliphatic heterocycles. The second kappa shape index (κ2) is 5.85. The van der Waals surface area contributed by atoms with Crippen molar-refractivity contribution in [1.82, 2.24) is 10.2 Å². The SMILES string of the molecule is Cc1ccc(-c2cc(Nc3ccc(Cl)cc3C)n[nH]2)c(C)c1. The number of hydrogen-bond donors (Lipinski definition) is 2. The van der Waals surface area contributed by atoms with E-state index in [1.807, 2.05) is 31.2 Å². The summed E-state index contributed by atoms with van der Waals surface area (Å²) in [5.74, 6) is 0.792. The molecule has 4 heteroatoms. The van der Waals surface area contributed by atoms with E-state index in [0.29, 0.717) is 0 Å². The number of rotatable bonds is 3. The maximum absolute atomic E-state index is 5.98. The number of anilines is 2. The van der Waals surface area contributed by atoms with E-state index in [0.717, 1.165) is 27.8 Å². The number of aromatic amines is 1. The molecule has 0 spiro atoms. The molecule has 2 aromatic carbocycles. The quantitative estimate of drug-likeness (QED) is 0.680. The molecule has 3 rings (SSSR count). The predicted molar refractivity (Wildman–Crippen MR) is 93.0 cm³/mol. The van der Waals surface area contributed by atoms with Gasteiger partial charge >= 0.3 is 0 Å². The summed E-state index contributed by atoms with van der Waals surface area (Å²) in [6.45, 7) is 6.23. The first-order valence-electron chi connectivity index (χ1n) is 7.19. The molecule has 22 heavy (non-hydrogen) atoms. The Balaban J connectivity index is 1.87. The zero-order valence-electron chi connectivity index (χ0n) is 12.9. The van der Waals surface area contributed by atoms with Crippen LogP contribution in [0.25, 0.3) is 11.3 Å². The Kier molecular flexibility index (Phi) is 3.90. The fourth-order valence-electron chi connectivity index (χ4n) is 2.54. The van der Waals surface area contributed by atoms with Gasteiger partial charge < -0.3 is 5.32 Å². The van der Waals surface area contributed by atoms with Gasteiger partial charge in [-0.2, -0.15) is 5.10 Å². The van der Waals surface area contributed by atoms with E-state index in [9.17, 15) is 0 Å². The molecule has 0 amide bonds. The van der Waals surface area contributed by atoms with Crippen molar-refractivity contribution in [3.05, 3.63) is 64.2 Å². The molecular weight excluding hydrogens is 294 g/mol. The molecule has 0 bridgehead atoms. The van der Waals surface area contributed by atoms with Crippen molar-refractivity contribution >= 4 is 23.1 Å². The van der Waals surface area contributed by atoms with Crippen LogP contribution in [0.2, 0.25) is 5.02 Å². The zero-order chi connectivity index (χ0) is 15.7. The molecule has 1 aromatic heterocycles. The number of H-pyrrole nitrogens is 1. The van der Waals surface area contributed by atoms with Gasteiger partial charge in [0.05, 0.1) is 5.69 Å². The van der Waals surface area contributed by atoms with Gasteiger partial charge in [0, 0.05) is 22.3 Å². The van der Waals surface area contributed by atoms with Gasteiger partial charge in [0.25, 0.3) is 0 Å². The van der Waals surface area contributed by atoms with E-state index in [1.165, 1.54) is 16.7 Å². The molecule has 1 heterocycles. The van der Waals surface area contributed by atoms with Gasteiger partial charge in [-0.15, -0.1) is 0 Å². The van der Waals surface area contributed by atoms with E-state index in [4.69, 9.17) is 11.6 Å². The van der Waals surface area contributed by atoms with Crippen LogP contribution in [0, 0.1) is 20.8 Å². The lowest BCUT2D eigenvalue weighted by Crippen LogP contribution is -1.92. The Morgan fingerprint density at radius 2 is 1.77 bits per heavy atom. The second-order valence-corrected chi connectivity index (χ2v) is 6.01. The van der Waals surface area contributed by atoms with Crippen molar-refractivity contribution in [3.8, 4) is 11.3 Å². The van der Waals surface area contributed by atoms with Crippen LogP contribution < -0.4 is 5.32 Å². The van der Waals surface area contributed by atoms with Crippen LogP contribution in [0.5, 0.6) is 0 Å². The monoisotopic (exact) mass is 311 g/mol. The number of aryl methyl sites for hydroxylation is 3. The molecule has 3 aromatic rings. The number of halogens is 1. The van der Waals surface area contributed by atoms with E-state index in [2.05, 4.69) is 47.6 Å². The molecule has 3 nitrogen and oxygen atoms in total. The number of aromatic nitrogens is 2. The number of hydrogen-bond acceptors (Lipinski definition) is 2. The topological polar surface area (TPSA) is 40.7 Å². The summed E-state index contributed by atoms with van der Waals surface area (Å²) in [4.78, 5) is 0. The van der Waals surface area contributed by atoms with Crippen LogP contribution in [0.3, 0.4) is 0 Å². The van der Waals surface area contributed by atoms with Crippen molar-refractivity contribution in [1.29, 1.82) is 0 Å². The minimum atomic E-state index is 0.737. The third-order valence-electron chi connectivity index (χ3n) is 3.70. The Bertz CT molecular complexity index is 821. The van der Waals surface area contributed by atoms with Gasteiger partial charge in [-0.25, -0.2) is 0 Å². The van der Waals surface area contributed by atoms with Gasteiger partial charge in [-0.3, -0.25) is 5.10 Å². The molecule has 0 aliphatic carbocycles. The van der Waals surface area contributed by atoms with E-state index >= 15 is 0 Å². The average molecular weight is 312 g/mol. The summed E-state index contributed by atoms with van der Waals surface area (Å²) in [6.07, 6.45) is 0. The first kappa shape index (κ1) is 14.7. The van der Waals surface area contributed by atoms with Crippen LogP contribution in [-0.4, -0.2) is 10.2 Å². The summed E-state index contributed by atoms with van der Waals surface area (Å²) in [5, 5.41) is 11.5. The van der Waals surface area contributed by atoms with E-state index < -0.39 is 0 Å². The highest BCUT2D eigenvalue weighted by Crippen LogP contribution is 2.27. The summed E-state index contributed by atoms with van der Waals surface area (Å²) < 4.78 is 0. The van der Waals surface area contributed by atoms with Gasteiger partial charge in [-0.1, -0.05) is 35.4 Å². The first-order valence-corrected chi connectivity index (χ1v) is 7.57. The van der Waals surface area contributed by atoms with Crippen molar-refractivity contribution in [2.75, 3.05) is 5.32 Å². The summed E-state index contributed by atoms with van der Waals surface area (Å²) in [5.41, 5.74) is 6.76. The predicted octanol–water partition coefficient (Wildman–Crippen LogP) is 5.40. The fraction of sp³-hybridized carbons (Fsp3) is 0.167. The molecule has 2 N–H and O–H groups in total. The molecule has 0 saturated carbocycles. The smallest absolute Gasteiger partial charge is 0.152 e. The normalized spacial score (nSPS) is 10.7. The first-order chi connectivity index (χ1) is 10.5. The second-order valence-electron chi connectivity index (χ2n) is 5.57. The maximum Gasteiger partial charge on any atom is 0.152 e. The Morgan fingerprint density at radius 1 is 0.955 bits per heavy atom. The summed E-state index contributed by atoms with van der Waals surface area (Å²) in [6, 6.07) is 14.2. The standard InChI is InChI=1S/C18H18ClN3/c1-11-4-6-15(12(2)8-11)17-10-18(22-21-17)20-16-7-5-14(19)9-13(16)3/h4-10H,1-3H3,(H2,20,21,22). The molecule has 0 unspecified atom stereocenters. The summed E-state index contributed by atoms with van der Waals surface area (Å²) >= 11 is 5.98. The molecule has 112 valence electrons. The zero-order valence-corrected chi connectivity index (χ0v) is 13.6. The Hall–Kier alpha value is -2.26. The molecule has 0 aliphatic rings. The Labute approximate surface area is 135 Å². The van der Waals surface area contributed by atoms with Crippen molar-refractivity contribution in [2.45, 2.75) is 20.8 Å². The third kappa shape index (κ3) is 3.00. The Morgan fingerprint density at radius 3 is 2.50 bits per heavy atom. The van der Waals surface area contributed by atoms with E-state index in [-0.39, 0.29) is 0 Å². The maximum atomic E-state index is 5.98. The number of benzene rings is 2.